The first-order valence-electron chi connectivity index (χ1n) is 8.34. The van der Waals surface area contributed by atoms with Gasteiger partial charge in [0.05, 0.1) is 12.8 Å². The van der Waals surface area contributed by atoms with Crippen LogP contribution in [-0.2, 0) is 4.79 Å². The molecule has 1 fully saturated rings. The van der Waals surface area contributed by atoms with Gasteiger partial charge in [-0.2, -0.15) is 0 Å². The summed E-state index contributed by atoms with van der Waals surface area (Å²) in [6, 6.07) is 4.72. The number of methoxy groups -OCH3 is 1. The Morgan fingerprint density at radius 1 is 1.11 bits per heavy atom. The maximum atomic E-state index is 12.4. The van der Waals surface area contributed by atoms with Crippen LogP contribution in [0.4, 0.5) is 11.4 Å². The number of aromatic nitrogens is 2. The number of hydrogen-bond acceptors (Lipinski definition) is 6. The summed E-state index contributed by atoms with van der Waals surface area (Å²) >= 11 is 0. The van der Waals surface area contributed by atoms with Crippen LogP contribution in [0.1, 0.15) is 40.2 Å². The molecule has 0 spiro atoms. The number of carboxylic acids is 1. The first-order chi connectivity index (χ1) is 13.0. The van der Waals surface area contributed by atoms with Gasteiger partial charge in [0.2, 0.25) is 5.91 Å². The van der Waals surface area contributed by atoms with E-state index in [1.54, 1.807) is 18.2 Å². The van der Waals surface area contributed by atoms with Gasteiger partial charge in [0.1, 0.15) is 5.75 Å². The smallest absolute Gasteiger partial charge is 0.356 e. The minimum Gasteiger partial charge on any atom is -0.495 e. The van der Waals surface area contributed by atoms with Crippen molar-refractivity contribution in [2.75, 3.05) is 17.7 Å². The molecule has 1 saturated carbocycles. The van der Waals surface area contributed by atoms with Gasteiger partial charge in [0.15, 0.2) is 11.4 Å². The lowest BCUT2D eigenvalue weighted by molar-refractivity contribution is -0.122. The Labute approximate surface area is 154 Å². The van der Waals surface area contributed by atoms with E-state index in [1.807, 2.05) is 0 Å². The number of aromatic carboxylic acids is 1. The summed E-state index contributed by atoms with van der Waals surface area (Å²) in [5.74, 6) is -1.72. The predicted molar refractivity (Wildman–Crippen MR) is 95.9 cm³/mol. The molecule has 3 N–H and O–H groups in total. The normalized spacial score (nSPS) is 13.4. The molecule has 0 unspecified atom stereocenters. The zero-order valence-corrected chi connectivity index (χ0v) is 14.6. The number of anilines is 2. The van der Waals surface area contributed by atoms with Gasteiger partial charge in [-0.1, -0.05) is 6.42 Å². The molecule has 3 rings (SSSR count). The van der Waals surface area contributed by atoms with Crippen LogP contribution in [0.2, 0.25) is 0 Å². The number of carboxylic acid groups (broad SMARTS) is 1. The number of rotatable bonds is 6. The summed E-state index contributed by atoms with van der Waals surface area (Å²) in [5.41, 5.74) is 0.0272. The fraction of sp³-hybridized carbons (Fsp3) is 0.278. The standard InChI is InChI=1S/C18H18N4O5/c1-27-13-6-5-11(9-12(13)22-16(23)10-3-2-4-10)21-17(24)14-15(18(25)26)20-8-7-19-14/h5-10H,2-4H2,1H3,(H,21,24)(H,22,23)(H,25,26). The second-order valence-corrected chi connectivity index (χ2v) is 6.04. The number of ether oxygens (including phenoxy) is 1. The number of carbonyl (C=O) groups is 3. The molecule has 1 aromatic carbocycles. The quantitative estimate of drug-likeness (QED) is 0.710. The van der Waals surface area contributed by atoms with E-state index in [0.717, 1.165) is 19.3 Å². The van der Waals surface area contributed by atoms with Crippen molar-refractivity contribution in [3.8, 4) is 5.75 Å². The van der Waals surface area contributed by atoms with Crippen molar-refractivity contribution in [3.63, 3.8) is 0 Å². The zero-order valence-electron chi connectivity index (χ0n) is 14.6. The van der Waals surface area contributed by atoms with Gasteiger partial charge < -0.3 is 20.5 Å². The Morgan fingerprint density at radius 2 is 1.81 bits per heavy atom. The number of nitrogens with one attached hydrogen (secondary N) is 2. The number of nitrogens with zero attached hydrogens (tertiary/aromatic N) is 2. The van der Waals surface area contributed by atoms with Crippen molar-refractivity contribution < 1.29 is 24.2 Å². The molecule has 0 aliphatic heterocycles. The van der Waals surface area contributed by atoms with E-state index in [4.69, 9.17) is 9.84 Å². The molecule has 2 amide bonds. The molecular formula is C18H18N4O5. The molecule has 0 saturated heterocycles. The van der Waals surface area contributed by atoms with Gasteiger partial charge in [-0.25, -0.2) is 14.8 Å². The van der Waals surface area contributed by atoms with Gasteiger partial charge in [-0.15, -0.1) is 0 Å². The van der Waals surface area contributed by atoms with Gasteiger partial charge >= 0.3 is 5.97 Å². The Kier molecular flexibility index (Phi) is 5.30. The molecule has 0 atom stereocenters. The highest BCUT2D eigenvalue weighted by Gasteiger charge is 2.26. The van der Waals surface area contributed by atoms with E-state index in [0.29, 0.717) is 17.1 Å². The fourth-order valence-electron chi connectivity index (χ4n) is 2.64. The lowest BCUT2D eigenvalue weighted by Gasteiger charge is -2.24. The Bertz CT molecular complexity index is 895. The fourth-order valence-corrected chi connectivity index (χ4v) is 2.64. The zero-order chi connectivity index (χ0) is 19.4. The van der Waals surface area contributed by atoms with E-state index in [-0.39, 0.29) is 17.5 Å². The lowest BCUT2D eigenvalue weighted by atomic mass is 9.85. The number of amides is 2. The van der Waals surface area contributed by atoms with E-state index >= 15 is 0 Å². The van der Waals surface area contributed by atoms with E-state index in [2.05, 4.69) is 20.6 Å². The van der Waals surface area contributed by atoms with Gasteiger partial charge in [0.25, 0.3) is 5.91 Å². The first-order valence-corrected chi connectivity index (χ1v) is 8.34. The first kappa shape index (κ1) is 18.3. The summed E-state index contributed by atoms with van der Waals surface area (Å²) < 4.78 is 5.25. The lowest BCUT2D eigenvalue weighted by Crippen LogP contribution is -2.28. The van der Waals surface area contributed by atoms with Crippen LogP contribution in [0.3, 0.4) is 0 Å². The maximum Gasteiger partial charge on any atom is 0.356 e. The molecule has 1 aliphatic rings. The summed E-state index contributed by atoms with van der Waals surface area (Å²) in [6.07, 6.45) is 5.18. The highest BCUT2D eigenvalue weighted by Crippen LogP contribution is 2.32. The molecule has 9 nitrogen and oxygen atoms in total. The third-order valence-corrected chi connectivity index (χ3v) is 4.31. The van der Waals surface area contributed by atoms with Crippen molar-refractivity contribution in [2.45, 2.75) is 19.3 Å². The maximum absolute atomic E-state index is 12.4. The SMILES string of the molecule is COc1ccc(NC(=O)c2nccnc2C(=O)O)cc1NC(=O)C1CCC1. The second-order valence-electron chi connectivity index (χ2n) is 6.04. The third-order valence-electron chi connectivity index (χ3n) is 4.31. The van der Waals surface area contributed by atoms with Crippen molar-refractivity contribution in [1.29, 1.82) is 0 Å². The highest BCUT2D eigenvalue weighted by molar-refractivity contribution is 6.08. The van der Waals surface area contributed by atoms with Gasteiger partial charge in [-0.3, -0.25) is 9.59 Å². The van der Waals surface area contributed by atoms with Crippen LogP contribution in [0, 0.1) is 5.92 Å². The average molecular weight is 370 g/mol. The summed E-state index contributed by atoms with van der Waals surface area (Å²) in [4.78, 5) is 43.2. The van der Waals surface area contributed by atoms with Crippen LogP contribution in [-0.4, -0.2) is 40.0 Å². The van der Waals surface area contributed by atoms with Crippen LogP contribution >= 0.6 is 0 Å². The van der Waals surface area contributed by atoms with Gasteiger partial charge in [-0.05, 0) is 31.0 Å². The molecule has 1 aromatic heterocycles. The van der Waals surface area contributed by atoms with Crippen LogP contribution in [0.25, 0.3) is 0 Å². The van der Waals surface area contributed by atoms with Crippen LogP contribution in [0.15, 0.2) is 30.6 Å². The minimum absolute atomic E-state index is 0.00864. The van der Waals surface area contributed by atoms with Crippen LogP contribution in [0.5, 0.6) is 5.75 Å². The molecule has 0 radical (unpaired) electrons. The van der Waals surface area contributed by atoms with E-state index < -0.39 is 17.6 Å². The monoisotopic (exact) mass is 370 g/mol. The molecule has 1 heterocycles. The average Bonchev–Trinajstić information content (AvgIpc) is 2.60. The van der Waals surface area contributed by atoms with Crippen molar-refractivity contribution in [2.24, 2.45) is 5.92 Å². The van der Waals surface area contributed by atoms with E-state index in [1.165, 1.54) is 19.5 Å². The Morgan fingerprint density at radius 3 is 2.41 bits per heavy atom. The molecule has 27 heavy (non-hydrogen) atoms. The Balaban J connectivity index is 1.80. The molecule has 0 bridgehead atoms. The van der Waals surface area contributed by atoms with Crippen molar-refractivity contribution in [1.82, 2.24) is 9.97 Å². The predicted octanol–water partition coefficient (Wildman–Crippen LogP) is 2.17. The molecule has 2 aromatic rings. The number of benzene rings is 1. The number of carbonyl (C=O) groups excluding carboxylic acids is 2. The molecular weight excluding hydrogens is 352 g/mol. The summed E-state index contributed by atoms with van der Waals surface area (Å²) in [6.45, 7) is 0. The highest BCUT2D eigenvalue weighted by atomic mass is 16.5. The van der Waals surface area contributed by atoms with Crippen molar-refractivity contribution in [3.05, 3.63) is 42.0 Å². The molecule has 9 heteroatoms. The topological polar surface area (TPSA) is 131 Å². The summed E-state index contributed by atoms with van der Waals surface area (Å²) in [7, 11) is 1.48. The third kappa shape index (κ3) is 4.02. The minimum atomic E-state index is -1.35. The molecule has 1 aliphatic carbocycles. The second kappa shape index (κ2) is 7.81. The molecule has 140 valence electrons. The largest absolute Gasteiger partial charge is 0.495 e. The number of hydrogen-bond donors (Lipinski definition) is 3. The Hall–Kier alpha value is -3.49. The van der Waals surface area contributed by atoms with Crippen LogP contribution < -0.4 is 15.4 Å². The van der Waals surface area contributed by atoms with E-state index in [9.17, 15) is 14.4 Å². The van der Waals surface area contributed by atoms with Crippen molar-refractivity contribution >= 4 is 29.2 Å². The summed E-state index contributed by atoms with van der Waals surface area (Å²) in [5, 5.41) is 14.5. The van der Waals surface area contributed by atoms with Gasteiger partial charge in [0, 0.05) is 24.0 Å².